The molecule has 19 heavy (non-hydrogen) atoms. The predicted molar refractivity (Wildman–Crippen MR) is 81.2 cm³/mol. The lowest BCUT2D eigenvalue weighted by atomic mass is 10.1. The van der Waals surface area contributed by atoms with E-state index in [4.69, 9.17) is 0 Å². The minimum atomic E-state index is 0.0624. The highest BCUT2D eigenvalue weighted by atomic mass is 79.9. The lowest BCUT2D eigenvalue weighted by Gasteiger charge is -2.15. The number of halogens is 1. The zero-order valence-corrected chi connectivity index (χ0v) is 12.7. The van der Waals surface area contributed by atoms with Gasteiger partial charge in [0.05, 0.1) is 6.54 Å². The van der Waals surface area contributed by atoms with Crippen LogP contribution in [0.2, 0.25) is 0 Å². The highest BCUT2D eigenvalue weighted by Gasteiger charge is 2.23. The number of carbonyl (C=O) groups is 1. The first-order chi connectivity index (χ1) is 9.17. The number of nitrogens with one attached hydrogen (secondary N) is 2. The van der Waals surface area contributed by atoms with Gasteiger partial charge in [-0.05, 0) is 56.7 Å². The average molecular weight is 326 g/mol. The molecule has 0 radical (unpaired) electrons. The standard InChI is InChI=1S/C14H20BrN3O/c1-16-8-11-6-7-18(9-11)10-14(19)17-13-4-2-12(15)3-5-13/h2-5,11,16H,6-10H2,1H3,(H,17,19). The Hall–Kier alpha value is -0.910. The molecule has 104 valence electrons. The maximum absolute atomic E-state index is 11.9. The molecule has 0 saturated carbocycles. The number of amides is 1. The monoisotopic (exact) mass is 325 g/mol. The van der Waals surface area contributed by atoms with Gasteiger partial charge in [-0.3, -0.25) is 9.69 Å². The summed E-state index contributed by atoms with van der Waals surface area (Å²) in [5.41, 5.74) is 0.846. The number of hydrogen-bond acceptors (Lipinski definition) is 3. The maximum Gasteiger partial charge on any atom is 0.238 e. The van der Waals surface area contributed by atoms with Crippen LogP contribution in [0.15, 0.2) is 28.7 Å². The summed E-state index contributed by atoms with van der Waals surface area (Å²) < 4.78 is 1.01. The smallest absolute Gasteiger partial charge is 0.238 e. The summed E-state index contributed by atoms with van der Waals surface area (Å²) in [7, 11) is 1.98. The van der Waals surface area contributed by atoms with E-state index in [0.717, 1.165) is 29.8 Å². The number of likely N-dealkylation sites (tertiary alicyclic amines) is 1. The van der Waals surface area contributed by atoms with E-state index in [2.05, 4.69) is 31.5 Å². The van der Waals surface area contributed by atoms with Gasteiger partial charge in [0.2, 0.25) is 5.91 Å². The third-order valence-corrected chi connectivity index (χ3v) is 3.89. The van der Waals surface area contributed by atoms with Gasteiger partial charge < -0.3 is 10.6 Å². The normalized spacial score (nSPS) is 19.6. The Balaban J connectivity index is 1.77. The van der Waals surface area contributed by atoms with Gasteiger partial charge in [0.1, 0.15) is 0 Å². The molecule has 0 bridgehead atoms. The summed E-state index contributed by atoms with van der Waals surface area (Å²) >= 11 is 3.38. The molecule has 0 aromatic heterocycles. The lowest BCUT2D eigenvalue weighted by molar-refractivity contribution is -0.117. The van der Waals surface area contributed by atoms with E-state index in [1.807, 2.05) is 31.3 Å². The van der Waals surface area contributed by atoms with Gasteiger partial charge in [0.25, 0.3) is 0 Å². The Bertz CT molecular complexity index is 421. The van der Waals surface area contributed by atoms with Gasteiger partial charge in [-0.15, -0.1) is 0 Å². The third-order valence-electron chi connectivity index (χ3n) is 3.36. The fraction of sp³-hybridized carbons (Fsp3) is 0.500. The predicted octanol–water partition coefficient (Wildman–Crippen LogP) is 1.93. The van der Waals surface area contributed by atoms with Crippen LogP contribution in [0.3, 0.4) is 0 Å². The fourth-order valence-electron chi connectivity index (χ4n) is 2.45. The number of carbonyl (C=O) groups excluding carboxylic acids is 1. The minimum absolute atomic E-state index is 0.0624. The van der Waals surface area contributed by atoms with Crippen LogP contribution in [0, 0.1) is 5.92 Å². The molecule has 1 amide bonds. The van der Waals surface area contributed by atoms with E-state index in [0.29, 0.717) is 12.5 Å². The summed E-state index contributed by atoms with van der Waals surface area (Å²) in [5, 5.41) is 6.12. The molecule has 1 aliphatic heterocycles. The highest BCUT2D eigenvalue weighted by Crippen LogP contribution is 2.16. The minimum Gasteiger partial charge on any atom is -0.325 e. The van der Waals surface area contributed by atoms with Gasteiger partial charge in [-0.1, -0.05) is 15.9 Å². The zero-order chi connectivity index (χ0) is 13.7. The number of nitrogens with zero attached hydrogens (tertiary/aromatic N) is 1. The van der Waals surface area contributed by atoms with Gasteiger partial charge >= 0.3 is 0 Å². The van der Waals surface area contributed by atoms with Crippen molar-refractivity contribution in [3.8, 4) is 0 Å². The first-order valence-corrected chi connectivity index (χ1v) is 7.39. The molecule has 1 aromatic carbocycles. The third kappa shape index (κ3) is 4.60. The number of benzene rings is 1. The van der Waals surface area contributed by atoms with E-state index in [-0.39, 0.29) is 5.91 Å². The Morgan fingerprint density at radius 3 is 2.84 bits per heavy atom. The summed E-state index contributed by atoms with van der Waals surface area (Å²) in [6.45, 7) is 3.54. The topological polar surface area (TPSA) is 44.4 Å². The van der Waals surface area contributed by atoms with Crippen molar-refractivity contribution in [3.63, 3.8) is 0 Å². The number of hydrogen-bond donors (Lipinski definition) is 2. The molecular formula is C14H20BrN3O. The van der Waals surface area contributed by atoms with Crippen LogP contribution in [0.5, 0.6) is 0 Å². The molecule has 1 unspecified atom stereocenters. The molecule has 4 nitrogen and oxygen atoms in total. The second kappa shape index (κ2) is 7.03. The van der Waals surface area contributed by atoms with Gasteiger partial charge in [-0.25, -0.2) is 0 Å². The molecule has 1 saturated heterocycles. The molecule has 1 fully saturated rings. The molecule has 1 aromatic rings. The van der Waals surface area contributed by atoms with Gasteiger partial charge in [0, 0.05) is 16.7 Å². The van der Waals surface area contributed by atoms with E-state index < -0.39 is 0 Å². The first-order valence-electron chi connectivity index (χ1n) is 6.60. The van der Waals surface area contributed by atoms with Crippen molar-refractivity contribution in [2.75, 3.05) is 38.5 Å². The Morgan fingerprint density at radius 2 is 2.16 bits per heavy atom. The van der Waals surface area contributed by atoms with E-state index in [1.165, 1.54) is 6.42 Å². The summed E-state index contributed by atoms with van der Waals surface area (Å²) in [5.74, 6) is 0.734. The second-order valence-corrected chi connectivity index (χ2v) is 5.92. The molecule has 2 rings (SSSR count). The van der Waals surface area contributed by atoms with Crippen LogP contribution in [0.25, 0.3) is 0 Å². The Morgan fingerprint density at radius 1 is 1.42 bits per heavy atom. The second-order valence-electron chi connectivity index (χ2n) is 5.00. The largest absolute Gasteiger partial charge is 0.325 e. The van der Waals surface area contributed by atoms with Crippen molar-refractivity contribution < 1.29 is 4.79 Å². The van der Waals surface area contributed by atoms with Crippen molar-refractivity contribution >= 4 is 27.5 Å². The van der Waals surface area contributed by atoms with E-state index in [1.54, 1.807) is 0 Å². The molecule has 1 aliphatic rings. The summed E-state index contributed by atoms with van der Waals surface area (Å²) in [6.07, 6.45) is 1.17. The van der Waals surface area contributed by atoms with Crippen LogP contribution in [0.1, 0.15) is 6.42 Å². The van der Waals surface area contributed by atoms with Crippen molar-refractivity contribution in [1.82, 2.24) is 10.2 Å². The molecule has 1 atom stereocenters. The molecule has 2 N–H and O–H groups in total. The average Bonchev–Trinajstić information content (AvgIpc) is 2.80. The maximum atomic E-state index is 11.9. The Kier molecular flexibility index (Phi) is 5.36. The van der Waals surface area contributed by atoms with Crippen LogP contribution >= 0.6 is 15.9 Å². The van der Waals surface area contributed by atoms with Gasteiger partial charge in [0.15, 0.2) is 0 Å². The van der Waals surface area contributed by atoms with Gasteiger partial charge in [-0.2, -0.15) is 0 Å². The summed E-state index contributed by atoms with van der Waals surface area (Å²) in [6, 6.07) is 7.65. The van der Waals surface area contributed by atoms with Crippen LogP contribution in [-0.4, -0.2) is 44.0 Å². The van der Waals surface area contributed by atoms with Crippen LogP contribution in [0.4, 0.5) is 5.69 Å². The number of rotatable bonds is 5. The van der Waals surface area contributed by atoms with Crippen molar-refractivity contribution in [2.24, 2.45) is 5.92 Å². The summed E-state index contributed by atoms with van der Waals surface area (Å²) in [4.78, 5) is 14.2. The quantitative estimate of drug-likeness (QED) is 0.869. The first kappa shape index (κ1) is 14.5. The SMILES string of the molecule is CNCC1CCN(CC(=O)Nc2ccc(Br)cc2)C1. The highest BCUT2D eigenvalue weighted by molar-refractivity contribution is 9.10. The van der Waals surface area contributed by atoms with E-state index >= 15 is 0 Å². The molecule has 5 heteroatoms. The Labute approximate surface area is 122 Å². The van der Waals surface area contributed by atoms with Crippen LogP contribution in [-0.2, 0) is 4.79 Å². The van der Waals surface area contributed by atoms with Crippen molar-refractivity contribution in [1.29, 1.82) is 0 Å². The zero-order valence-electron chi connectivity index (χ0n) is 11.2. The molecule has 1 heterocycles. The van der Waals surface area contributed by atoms with Crippen LogP contribution < -0.4 is 10.6 Å². The van der Waals surface area contributed by atoms with Crippen molar-refractivity contribution in [2.45, 2.75) is 6.42 Å². The van der Waals surface area contributed by atoms with E-state index in [9.17, 15) is 4.79 Å². The van der Waals surface area contributed by atoms with Crippen molar-refractivity contribution in [3.05, 3.63) is 28.7 Å². The fourth-order valence-corrected chi connectivity index (χ4v) is 2.71. The number of anilines is 1. The molecule has 0 spiro atoms. The lowest BCUT2D eigenvalue weighted by Crippen LogP contribution is -2.32. The molecular weight excluding hydrogens is 306 g/mol. The molecule has 0 aliphatic carbocycles.